The number of aryl methyl sites for hydroxylation is 1. The number of hydrogen-bond acceptors (Lipinski definition) is 3. The topological polar surface area (TPSA) is 70.4 Å². The molecule has 1 aliphatic carbocycles. The van der Waals surface area contributed by atoms with E-state index in [1.54, 1.807) is 11.1 Å². The average molecular weight is 356 g/mol. The summed E-state index contributed by atoms with van der Waals surface area (Å²) in [6.07, 6.45) is 5.63. The first-order chi connectivity index (χ1) is 12.7. The first-order valence-electron chi connectivity index (χ1n) is 9.45. The maximum Gasteiger partial charge on any atom is 0.323 e. The van der Waals surface area contributed by atoms with Crippen molar-refractivity contribution in [1.29, 1.82) is 0 Å². The van der Waals surface area contributed by atoms with Gasteiger partial charge in [-0.15, -0.1) is 0 Å². The Labute approximate surface area is 154 Å². The summed E-state index contributed by atoms with van der Waals surface area (Å²) < 4.78 is 1.84. The molecule has 2 atom stereocenters. The van der Waals surface area contributed by atoms with E-state index in [-0.39, 0.29) is 24.7 Å². The van der Waals surface area contributed by atoms with Crippen molar-refractivity contribution < 1.29 is 9.90 Å². The number of carbonyl (C=O) groups excluding carboxylic acids is 1. The summed E-state index contributed by atoms with van der Waals surface area (Å²) in [5, 5.41) is 16.9. The van der Waals surface area contributed by atoms with Crippen LogP contribution in [0.3, 0.4) is 0 Å². The molecule has 1 aromatic heterocycles. The number of fused-ring (bicyclic) bond motifs is 1. The Morgan fingerprint density at radius 3 is 3.00 bits per heavy atom. The number of amides is 2. The molecule has 2 aromatic rings. The number of benzene rings is 1. The molecule has 1 heterocycles. The van der Waals surface area contributed by atoms with E-state index in [2.05, 4.69) is 36.4 Å². The lowest BCUT2D eigenvalue weighted by Gasteiger charge is -2.35. The van der Waals surface area contributed by atoms with Crippen molar-refractivity contribution in [2.75, 3.05) is 18.5 Å². The summed E-state index contributed by atoms with van der Waals surface area (Å²) in [5.41, 5.74) is 2.49. The molecule has 0 saturated heterocycles. The van der Waals surface area contributed by atoms with E-state index in [4.69, 9.17) is 0 Å². The van der Waals surface area contributed by atoms with Crippen molar-refractivity contribution in [2.45, 2.75) is 51.6 Å². The van der Waals surface area contributed by atoms with Gasteiger partial charge in [0, 0.05) is 12.6 Å². The zero-order valence-corrected chi connectivity index (χ0v) is 15.6. The molecule has 0 spiro atoms. The van der Waals surface area contributed by atoms with Gasteiger partial charge in [0.25, 0.3) is 0 Å². The fourth-order valence-electron chi connectivity index (χ4n) is 3.68. The van der Waals surface area contributed by atoms with Crippen molar-refractivity contribution in [3.05, 3.63) is 47.7 Å². The number of hydrogen-bond donors (Lipinski definition) is 2. The fraction of sp³-hybridized carbons (Fsp3) is 0.500. The Morgan fingerprint density at radius 1 is 1.42 bits per heavy atom. The Balaban J connectivity index is 1.83. The number of rotatable bonds is 6. The van der Waals surface area contributed by atoms with Crippen LogP contribution in [0.4, 0.5) is 10.6 Å². The molecule has 0 radical (unpaired) electrons. The number of nitrogens with zero attached hydrogens (tertiary/aromatic N) is 3. The molecule has 0 bridgehead atoms. The molecular formula is C20H28N4O2. The summed E-state index contributed by atoms with van der Waals surface area (Å²) in [7, 11) is 0. The van der Waals surface area contributed by atoms with Gasteiger partial charge in [0.1, 0.15) is 5.82 Å². The van der Waals surface area contributed by atoms with E-state index in [1.165, 1.54) is 11.1 Å². The molecule has 0 unspecified atom stereocenters. The molecule has 2 N–H and O–H groups in total. The number of nitrogens with one attached hydrogen (secondary N) is 1. The SMILES string of the molecule is CC[C@H](C)n1nccc1NC(=O)N(CCO)[C@@H]1CCCc2ccccc21. The van der Waals surface area contributed by atoms with Crippen LogP contribution in [0, 0.1) is 0 Å². The van der Waals surface area contributed by atoms with Gasteiger partial charge in [0.15, 0.2) is 0 Å². The van der Waals surface area contributed by atoms with Gasteiger partial charge in [-0.1, -0.05) is 31.2 Å². The van der Waals surface area contributed by atoms with Gasteiger partial charge in [-0.25, -0.2) is 9.48 Å². The third-order valence-electron chi connectivity index (χ3n) is 5.23. The van der Waals surface area contributed by atoms with Gasteiger partial charge >= 0.3 is 6.03 Å². The minimum Gasteiger partial charge on any atom is -0.395 e. The Morgan fingerprint density at radius 2 is 2.23 bits per heavy atom. The first-order valence-corrected chi connectivity index (χ1v) is 9.45. The van der Waals surface area contributed by atoms with E-state index in [0.717, 1.165) is 25.7 Å². The minimum absolute atomic E-state index is 0.00734. The van der Waals surface area contributed by atoms with Crippen LogP contribution in [0.15, 0.2) is 36.5 Å². The molecule has 6 heteroatoms. The fourth-order valence-corrected chi connectivity index (χ4v) is 3.68. The van der Waals surface area contributed by atoms with Crippen molar-refractivity contribution in [3.63, 3.8) is 0 Å². The van der Waals surface area contributed by atoms with Crippen LogP contribution in [0.1, 0.15) is 56.3 Å². The molecule has 26 heavy (non-hydrogen) atoms. The zero-order valence-electron chi connectivity index (χ0n) is 15.6. The highest BCUT2D eigenvalue weighted by Crippen LogP contribution is 2.34. The van der Waals surface area contributed by atoms with E-state index in [1.807, 2.05) is 22.9 Å². The lowest BCUT2D eigenvalue weighted by molar-refractivity contribution is 0.154. The van der Waals surface area contributed by atoms with Crippen molar-refractivity contribution in [2.24, 2.45) is 0 Å². The van der Waals surface area contributed by atoms with Gasteiger partial charge in [0.2, 0.25) is 0 Å². The van der Waals surface area contributed by atoms with Gasteiger partial charge < -0.3 is 10.0 Å². The van der Waals surface area contributed by atoms with Crippen LogP contribution in [0.5, 0.6) is 0 Å². The number of urea groups is 1. The molecule has 3 rings (SSSR count). The molecule has 1 aromatic carbocycles. The summed E-state index contributed by atoms with van der Waals surface area (Å²) in [6, 6.07) is 10.1. The van der Waals surface area contributed by atoms with Gasteiger partial charge in [-0.05, 0) is 43.7 Å². The lowest BCUT2D eigenvalue weighted by Crippen LogP contribution is -2.41. The second-order valence-corrected chi connectivity index (χ2v) is 6.87. The summed E-state index contributed by atoms with van der Waals surface area (Å²) in [4.78, 5) is 14.8. The van der Waals surface area contributed by atoms with E-state index < -0.39 is 0 Å². The van der Waals surface area contributed by atoms with Gasteiger partial charge in [-0.3, -0.25) is 5.32 Å². The summed E-state index contributed by atoms with van der Waals surface area (Å²) >= 11 is 0. The molecule has 0 aliphatic heterocycles. The molecule has 0 fully saturated rings. The molecule has 2 amide bonds. The Kier molecular flexibility index (Phi) is 5.93. The third kappa shape index (κ3) is 3.75. The van der Waals surface area contributed by atoms with E-state index in [0.29, 0.717) is 12.4 Å². The maximum absolute atomic E-state index is 13.0. The number of aliphatic hydroxyl groups is 1. The van der Waals surface area contributed by atoms with Crippen molar-refractivity contribution >= 4 is 11.8 Å². The quantitative estimate of drug-likeness (QED) is 0.828. The third-order valence-corrected chi connectivity index (χ3v) is 5.23. The number of aliphatic hydroxyl groups excluding tert-OH is 1. The molecule has 6 nitrogen and oxygen atoms in total. The monoisotopic (exact) mass is 356 g/mol. The predicted octanol–water partition coefficient (Wildman–Crippen LogP) is 3.76. The average Bonchev–Trinajstić information content (AvgIpc) is 3.13. The smallest absolute Gasteiger partial charge is 0.323 e. The van der Waals surface area contributed by atoms with Crippen LogP contribution >= 0.6 is 0 Å². The zero-order chi connectivity index (χ0) is 18.5. The van der Waals surface area contributed by atoms with Gasteiger partial charge in [0.05, 0.1) is 24.9 Å². The second-order valence-electron chi connectivity index (χ2n) is 6.87. The van der Waals surface area contributed by atoms with Crippen molar-refractivity contribution in [1.82, 2.24) is 14.7 Å². The van der Waals surface area contributed by atoms with E-state index in [9.17, 15) is 9.90 Å². The Hall–Kier alpha value is -2.34. The van der Waals surface area contributed by atoms with Crippen molar-refractivity contribution in [3.8, 4) is 0 Å². The first kappa shape index (κ1) is 18.5. The highest BCUT2D eigenvalue weighted by atomic mass is 16.3. The van der Waals surface area contributed by atoms with Crippen LogP contribution in [-0.2, 0) is 6.42 Å². The number of anilines is 1. The second kappa shape index (κ2) is 8.36. The van der Waals surface area contributed by atoms with Crippen LogP contribution in [-0.4, -0.2) is 39.0 Å². The van der Waals surface area contributed by atoms with E-state index >= 15 is 0 Å². The normalized spacial score (nSPS) is 17.4. The lowest BCUT2D eigenvalue weighted by atomic mass is 9.87. The maximum atomic E-state index is 13.0. The Bertz CT molecular complexity index is 743. The highest BCUT2D eigenvalue weighted by Gasteiger charge is 2.29. The van der Waals surface area contributed by atoms with Crippen LogP contribution in [0.25, 0.3) is 0 Å². The summed E-state index contributed by atoms with van der Waals surface area (Å²) in [5.74, 6) is 0.691. The summed E-state index contributed by atoms with van der Waals surface area (Å²) in [6.45, 7) is 4.42. The van der Waals surface area contributed by atoms with Gasteiger partial charge in [-0.2, -0.15) is 5.10 Å². The largest absolute Gasteiger partial charge is 0.395 e. The molecule has 1 aliphatic rings. The minimum atomic E-state index is -0.189. The molecule has 0 saturated carbocycles. The predicted molar refractivity (Wildman–Crippen MR) is 102 cm³/mol. The van der Waals surface area contributed by atoms with Crippen LogP contribution < -0.4 is 5.32 Å². The highest BCUT2D eigenvalue weighted by molar-refractivity contribution is 5.88. The standard InChI is InChI=1S/C20H28N4O2/c1-3-15(2)24-19(11-12-21-24)22-20(26)23(13-14-25)18-10-6-8-16-7-4-5-9-17(16)18/h4-5,7,9,11-12,15,18,25H,3,6,8,10,13-14H2,1-2H3,(H,22,26)/t15-,18+/m0/s1. The molecular weight excluding hydrogens is 328 g/mol. The number of carbonyl (C=O) groups is 1. The van der Waals surface area contributed by atoms with Crippen LogP contribution in [0.2, 0.25) is 0 Å². The molecule has 140 valence electrons. The number of aromatic nitrogens is 2.